The van der Waals surface area contributed by atoms with E-state index in [4.69, 9.17) is 26.7 Å². The number of carbonyl (C=O) groups is 3. The molecule has 2 saturated carbocycles. The van der Waals surface area contributed by atoms with Crippen molar-refractivity contribution in [1.82, 2.24) is 44.9 Å². The van der Waals surface area contributed by atoms with Gasteiger partial charge in [-0.2, -0.15) is 15.5 Å². The van der Waals surface area contributed by atoms with Crippen molar-refractivity contribution in [2.45, 2.75) is 127 Å². The van der Waals surface area contributed by atoms with Crippen molar-refractivity contribution in [3.8, 4) is 28.6 Å². The van der Waals surface area contributed by atoms with E-state index in [2.05, 4.69) is 60.8 Å². The van der Waals surface area contributed by atoms with Crippen LogP contribution >= 0.6 is 11.6 Å². The van der Waals surface area contributed by atoms with Crippen LogP contribution in [0.15, 0.2) is 61.3 Å². The normalized spacial score (nSPS) is 23.2. The minimum Gasteiger partial charge on any atom is -0.374 e. The minimum atomic E-state index is -0.438. The summed E-state index contributed by atoms with van der Waals surface area (Å²) in [6.07, 6.45) is 22.3. The molecule has 1 atom stereocenters. The van der Waals surface area contributed by atoms with Gasteiger partial charge in [-0.25, -0.2) is 14.5 Å². The van der Waals surface area contributed by atoms with Gasteiger partial charge in [-0.05, 0) is 132 Å². The minimum absolute atomic E-state index is 0.217. The Kier molecular flexibility index (Phi) is 12.1. The highest BCUT2D eigenvalue weighted by atomic mass is 35.5. The number of imide groups is 1. The van der Waals surface area contributed by atoms with Crippen LogP contribution in [0.25, 0.3) is 28.0 Å². The van der Waals surface area contributed by atoms with Crippen LogP contribution in [0.4, 0.5) is 11.5 Å². The SMILES string of the molecule is CCC1(C(=O)NC2CCC2)CCN(c2ccc(-c3nc(-c4cnn(C5CCC(N6CCC(c7ccc(N[C@H]8CCC(=O)NC8=O)cc7Cl)CC6)CC5)c4)cn4ncc(C#N)c34)cn2)CC1. The maximum absolute atomic E-state index is 13.3. The largest absolute Gasteiger partial charge is 0.374 e. The lowest BCUT2D eigenvalue weighted by Gasteiger charge is -2.42. The number of nitriles is 1. The molecule has 338 valence electrons. The first-order chi connectivity index (χ1) is 31.7. The number of carbonyl (C=O) groups excluding carboxylic acids is 3. The Labute approximate surface area is 384 Å². The van der Waals surface area contributed by atoms with Crippen LogP contribution in [0.5, 0.6) is 0 Å². The van der Waals surface area contributed by atoms with E-state index in [1.54, 1.807) is 10.7 Å². The van der Waals surface area contributed by atoms with Crippen molar-refractivity contribution >= 4 is 46.3 Å². The number of halogens is 1. The second-order valence-corrected chi connectivity index (χ2v) is 19.3. The van der Waals surface area contributed by atoms with Crippen molar-refractivity contribution < 1.29 is 14.4 Å². The second kappa shape index (κ2) is 18.2. The van der Waals surface area contributed by atoms with Crippen molar-refractivity contribution in [1.29, 1.82) is 5.26 Å². The number of fused-ring (bicyclic) bond motifs is 1. The molecule has 0 unspecified atom stereocenters. The van der Waals surface area contributed by atoms with Crippen LogP contribution in [0.3, 0.4) is 0 Å². The zero-order valence-corrected chi connectivity index (χ0v) is 37.8. The van der Waals surface area contributed by atoms with Gasteiger partial charge in [-0.1, -0.05) is 24.6 Å². The van der Waals surface area contributed by atoms with Crippen LogP contribution < -0.4 is 20.9 Å². The summed E-state index contributed by atoms with van der Waals surface area (Å²) in [5.41, 5.74) is 5.78. The molecular weight excluding hydrogens is 840 g/mol. The number of amides is 3. The molecule has 4 aromatic heterocycles. The predicted octanol–water partition coefficient (Wildman–Crippen LogP) is 7.43. The molecule has 5 fully saturated rings. The summed E-state index contributed by atoms with van der Waals surface area (Å²) in [5.74, 6) is 0.958. The zero-order valence-electron chi connectivity index (χ0n) is 37.0. The first-order valence-electron chi connectivity index (χ1n) is 23.7. The lowest BCUT2D eigenvalue weighted by molar-refractivity contribution is -0.134. The molecule has 5 aliphatic rings. The fourth-order valence-electron chi connectivity index (χ4n) is 10.9. The van der Waals surface area contributed by atoms with E-state index >= 15 is 0 Å². The fraction of sp³-hybridized carbons (Fsp3) is 0.510. The average molecular weight is 898 g/mol. The van der Waals surface area contributed by atoms with E-state index in [-0.39, 0.29) is 23.1 Å². The molecule has 7 heterocycles. The van der Waals surface area contributed by atoms with Gasteiger partial charge in [0.25, 0.3) is 0 Å². The Bertz CT molecular complexity index is 2610. The number of aromatic nitrogens is 6. The van der Waals surface area contributed by atoms with Gasteiger partial charge in [0.2, 0.25) is 17.7 Å². The van der Waals surface area contributed by atoms with E-state index in [1.165, 1.54) is 6.42 Å². The summed E-state index contributed by atoms with van der Waals surface area (Å²) in [7, 11) is 0. The molecule has 2 aliphatic carbocycles. The van der Waals surface area contributed by atoms with Crippen LogP contribution in [0.2, 0.25) is 5.02 Å². The van der Waals surface area contributed by atoms with Crippen LogP contribution in [-0.4, -0.2) is 96.3 Å². The first kappa shape index (κ1) is 43.1. The molecule has 3 amide bonds. The Hall–Kier alpha value is -5.85. The van der Waals surface area contributed by atoms with E-state index < -0.39 is 6.04 Å². The molecule has 5 aromatic rings. The molecule has 65 heavy (non-hydrogen) atoms. The number of hydrogen-bond donors (Lipinski definition) is 3. The number of likely N-dealkylation sites (tertiary alicyclic amines) is 1. The van der Waals surface area contributed by atoms with Gasteiger partial charge in [0.15, 0.2) is 0 Å². The van der Waals surface area contributed by atoms with Crippen molar-refractivity contribution in [3.05, 3.63) is 77.5 Å². The summed E-state index contributed by atoms with van der Waals surface area (Å²) in [4.78, 5) is 52.1. The molecule has 15 nitrogen and oxygen atoms in total. The molecule has 1 aromatic carbocycles. The number of piperidine rings is 3. The molecular formula is C49H57ClN12O3. The first-order valence-corrected chi connectivity index (χ1v) is 24.0. The maximum Gasteiger partial charge on any atom is 0.249 e. The van der Waals surface area contributed by atoms with Crippen molar-refractivity contribution in [2.75, 3.05) is 36.4 Å². The van der Waals surface area contributed by atoms with Gasteiger partial charge < -0.3 is 20.4 Å². The Balaban J connectivity index is 0.757. The third-order valence-electron chi connectivity index (χ3n) is 15.3. The summed E-state index contributed by atoms with van der Waals surface area (Å²) >= 11 is 6.82. The summed E-state index contributed by atoms with van der Waals surface area (Å²) in [6.45, 7) is 5.74. The van der Waals surface area contributed by atoms with E-state index in [9.17, 15) is 19.6 Å². The third-order valence-corrected chi connectivity index (χ3v) is 15.6. The summed E-state index contributed by atoms with van der Waals surface area (Å²) < 4.78 is 3.84. The van der Waals surface area contributed by atoms with Gasteiger partial charge in [0.05, 0.1) is 41.4 Å². The molecule has 0 spiro atoms. The summed E-state index contributed by atoms with van der Waals surface area (Å²) in [5, 5.41) is 29.1. The smallest absolute Gasteiger partial charge is 0.249 e. The van der Waals surface area contributed by atoms with Gasteiger partial charge in [-0.3, -0.25) is 24.4 Å². The lowest BCUT2D eigenvalue weighted by atomic mass is 9.74. The second-order valence-electron chi connectivity index (χ2n) is 18.9. The molecule has 0 radical (unpaired) electrons. The number of pyridine rings is 1. The number of rotatable bonds is 11. The van der Waals surface area contributed by atoms with Gasteiger partial charge in [0.1, 0.15) is 29.0 Å². The molecule has 10 rings (SSSR count). The number of benzene rings is 1. The van der Waals surface area contributed by atoms with Crippen molar-refractivity contribution in [2.24, 2.45) is 5.41 Å². The lowest BCUT2D eigenvalue weighted by Crippen LogP contribution is -2.52. The van der Waals surface area contributed by atoms with Crippen molar-refractivity contribution in [3.63, 3.8) is 0 Å². The van der Waals surface area contributed by atoms with Gasteiger partial charge in [0, 0.05) is 65.8 Å². The molecule has 3 aliphatic heterocycles. The highest BCUT2D eigenvalue weighted by Gasteiger charge is 2.41. The highest BCUT2D eigenvalue weighted by Crippen LogP contribution is 2.40. The van der Waals surface area contributed by atoms with Crippen LogP contribution in [-0.2, 0) is 14.4 Å². The molecule has 3 N–H and O–H groups in total. The van der Waals surface area contributed by atoms with Gasteiger partial charge >= 0.3 is 0 Å². The Morgan fingerprint density at radius 2 is 1.69 bits per heavy atom. The number of nitrogens with one attached hydrogen (secondary N) is 3. The Morgan fingerprint density at radius 1 is 0.908 bits per heavy atom. The highest BCUT2D eigenvalue weighted by molar-refractivity contribution is 6.31. The van der Waals surface area contributed by atoms with Crippen LogP contribution in [0, 0.1) is 16.7 Å². The number of hydrogen-bond acceptors (Lipinski definition) is 11. The molecule has 3 saturated heterocycles. The standard InChI is InChI=1S/C49H57ClN12O3/c1-2-49(48(65)56-35-4-3-5-35)18-22-60(23-19-49)43-14-6-32(26-52-43)45-46-33(25-51)27-54-62(46)30-42(57-45)34-28-53-61(29-34)38-10-8-37(9-11-38)59-20-16-31(17-21-59)39-12-7-36(24-40(39)50)55-41-13-15-44(63)58-47(41)64/h6-7,12,14,24,26-31,35,37-38,41,55H,2-5,8-11,13,15-23H2,1H3,(H,56,65)(H,58,63,64)/t37?,38?,41-/m0/s1. The van der Waals surface area contributed by atoms with E-state index in [1.807, 2.05) is 42.9 Å². The molecule has 16 heteroatoms. The Morgan fingerprint density at radius 3 is 2.37 bits per heavy atom. The monoisotopic (exact) mass is 896 g/mol. The number of nitrogens with zero attached hydrogens (tertiary/aromatic N) is 9. The zero-order chi connectivity index (χ0) is 44.7. The molecule has 0 bridgehead atoms. The average Bonchev–Trinajstić information content (AvgIpc) is 3.99. The summed E-state index contributed by atoms with van der Waals surface area (Å²) in [6, 6.07) is 13.1. The topological polar surface area (TPSA) is 178 Å². The predicted molar refractivity (Wildman–Crippen MR) is 248 cm³/mol. The number of anilines is 2. The third kappa shape index (κ3) is 8.70. The maximum atomic E-state index is 13.3. The fourth-order valence-corrected chi connectivity index (χ4v) is 11.2. The van der Waals surface area contributed by atoms with E-state index in [0.29, 0.717) is 58.7 Å². The van der Waals surface area contributed by atoms with Gasteiger partial charge in [-0.15, -0.1) is 0 Å². The quantitative estimate of drug-likeness (QED) is 0.112. The van der Waals surface area contributed by atoms with E-state index in [0.717, 1.165) is 131 Å². The van der Waals surface area contributed by atoms with Crippen LogP contribution in [0.1, 0.15) is 120 Å².